The maximum absolute atomic E-state index is 12.4. The molecule has 5 heteroatoms. The first-order chi connectivity index (χ1) is 12.6. The lowest BCUT2D eigenvalue weighted by Gasteiger charge is -2.15. The van der Waals surface area contributed by atoms with Gasteiger partial charge >= 0.3 is 0 Å². The van der Waals surface area contributed by atoms with Crippen LogP contribution in [0.25, 0.3) is 0 Å². The number of benzene rings is 2. The van der Waals surface area contributed by atoms with E-state index >= 15 is 0 Å². The number of amides is 1. The maximum atomic E-state index is 12.4. The summed E-state index contributed by atoms with van der Waals surface area (Å²) in [5, 5.41) is 6.33. The number of ether oxygens (including phenoxy) is 2. The molecular formula is C21H28N2O3. The third kappa shape index (κ3) is 4.91. The smallest absolute Gasteiger partial charge is 0.226 e. The van der Waals surface area contributed by atoms with Crippen LogP contribution in [0.2, 0.25) is 0 Å². The summed E-state index contributed by atoms with van der Waals surface area (Å²) in [6, 6.07) is 11.7. The molecule has 0 saturated heterocycles. The molecule has 2 N–H and O–H groups in total. The van der Waals surface area contributed by atoms with Crippen LogP contribution in [-0.4, -0.2) is 26.7 Å². The zero-order chi connectivity index (χ0) is 18.9. The van der Waals surface area contributed by atoms with Crippen molar-refractivity contribution < 1.29 is 14.3 Å². The molecule has 0 aliphatic heterocycles. The summed E-state index contributed by atoms with van der Waals surface area (Å²) in [5.74, 6) is 1.45. The Kier molecular flexibility index (Phi) is 7.33. The number of anilines is 2. The molecule has 0 aromatic heterocycles. The Bertz CT molecular complexity index is 722. The van der Waals surface area contributed by atoms with Crippen molar-refractivity contribution >= 4 is 17.3 Å². The summed E-state index contributed by atoms with van der Waals surface area (Å²) in [4.78, 5) is 12.4. The lowest BCUT2D eigenvalue weighted by atomic mass is 10.0. The molecule has 2 aromatic rings. The number of nitrogens with one attached hydrogen (secondary N) is 2. The second kappa shape index (κ2) is 9.70. The summed E-state index contributed by atoms with van der Waals surface area (Å²) < 4.78 is 10.6. The highest BCUT2D eigenvalue weighted by Gasteiger charge is 2.11. The van der Waals surface area contributed by atoms with E-state index in [1.165, 1.54) is 11.1 Å². The molecule has 0 unspecified atom stereocenters. The summed E-state index contributed by atoms with van der Waals surface area (Å²) in [6.45, 7) is 4.70. The van der Waals surface area contributed by atoms with Crippen molar-refractivity contribution in [1.82, 2.24) is 0 Å². The summed E-state index contributed by atoms with van der Waals surface area (Å²) in [5.41, 5.74) is 4.10. The maximum Gasteiger partial charge on any atom is 0.226 e. The van der Waals surface area contributed by atoms with E-state index in [2.05, 4.69) is 36.6 Å². The highest BCUT2D eigenvalue weighted by Crippen LogP contribution is 2.29. The van der Waals surface area contributed by atoms with Crippen LogP contribution < -0.4 is 20.1 Å². The van der Waals surface area contributed by atoms with E-state index in [1.54, 1.807) is 14.2 Å². The monoisotopic (exact) mass is 356 g/mol. The van der Waals surface area contributed by atoms with E-state index in [1.807, 2.05) is 24.3 Å². The van der Waals surface area contributed by atoms with Gasteiger partial charge in [-0.25, -0.2) is 0 Å². The lowest BCUT2D eigenvalue weighted by Crippen LogP contribution is -2.18. The van der Waals surface area contributed by atoms with Crippen molar-refractivity contribution in [3.63, 3.8) is 0 Å². The van der Waals surface area contributed by atoms with Crippen LogP contribution in [0, 0.1) is 0 Å². The lowest BCUT2D eigenvalue weighted by molar-refractivity contribution is -0.116. The highest BCUT2D eigenvalue weighted by atomic mass is 16.5. The van der Waals surface area contributed by atoms with Gasteiger partial charge in [0.2, 0.25) is 5.91 Å². The first-order valence-electron chi connectivity index (χ1n) is 8.99. The molecule has 0 heterocycles. The van der Waals surface area contributed by atoms with Crippen molar-refractivity contribution in [2.75, 3.05) is 31.4 Å². The molecule has 0 fully saturated rings. The molecule has 0 spiro atoms. The molecule has 0 aliphatic rings. The predicted molar refractivity (Wildman–Crippen MR) is 106 cm³/mol. The predicted octanol–water partition coefficient (Wildman–Crippen LogP) is 4.27. The van der Waals surface area contributed by atoms with E-state index in [-0.39, 0.29) is 5.91 Å². The molecule has 0 radical (unpaired) electrons. The molecule has 140 valence electrons. The van der Waals surface area contributed by atoms with E-state index in [4.69, 9.17) is 9.47 Å². The average molecular weight is 356 g/mol. The standard InChI is InChI=1S/C21H28N2O3/c1-5-15-8-7-9-16(6-2)21(15)23-20(24)12-13-22-18-14-17(25-3)10-11-19(18)26-4/h7-11,14,22H,5-6,12-13H2,1-4H3,(H,23,24). The molecule has 0 atom stereocenters. The minimum atomic E-state index is -0.00466. The second-order valence-corrected chi connectivity index (χ2v) is 5.95. The quantitative estimate of drug-likeness (QED) is 0.704. The molecule has 0 saturated carbocycles. The molecule has 2 aromatic carbocycles. The zero-order valence-electron chi connectivity index (χ0n) is 16.0. The van der Waals surface area contributed by atoms with Gasteiger partial charge in [0.05, 0.1) is 19.9 Å². The Morgan fingerprint density at radius 3 is 2.27 bits per heavy atom. The molecule has 1 amide bonds. The van der Waals surface area contributed by atoms with Crippen molar-refractivity contribution in [2.45, 2.75) is 33.1 Å². The SMILES string of the molecule is CCc1cccc(CC)c1NC(=O)CCNc1cc(OC)ccc1OC. The van der Waals surface area contributed by atoms with Gasteiger partial charge in [-0.15, -0.1) is 0 Å². The van der Waals surface area contributed by atoms with Crippen molar-refractivity contribution in [3.8, 4) is 11.5 Å². The summed E-state index contributed by atoms with van der Waals surface area (Å²) in [7, 11) is 3.24. The van der Waals surface area contributed by atoms with E-state index in [9.17, 15) is 4.79 Å². The van der Waals surface area contributed by atoms with Gasteiger partial charge in [-0.05, 0) is 36.1 Å². The Morgan fingerprint density at radius 1 is 1.00 bits per heavy atom. The van der Waals surface area contributed by atoms with Crippen LogP contribution >= 0.6 is 0 Å². The topological polar surface area (TPSA) is 59.6 Å². The van der Waals surface area contributed by atoms with Gasteiger partial charge < -0.3 is 20.1 Å². The van der Waals surface area contributed by atoms with E-state index < -0.39 is 0 Å². The van der Waals surface area contributed by atoms with Gasteiger partial charge in [-0.3, -0.25) is 4.79 Å². The van der Waals surface area contributed by atoms with Crippen molar-refractivity contribution in [3.05, 3.63) is 47.5 Å². The molecule has 26 heavy (non-hydrogen) atoms. The number of methoxy groups -OCH3 is 2. The number of rotatable bonds is 9. The summed E-state index contributed by atoms with van der Waals surface area (Å²) >= 11 is 0. The first kappa shape index (κ1) is 19.6. The van der Waals surface area contributed by atoms with Gasteiger partial charge in [-0.2, -0.15) is 0 Å². The molecule has 0 bridgehead atoms. The third-order valence-corrected chi connectivity index (χ3v) is 4.34. The van der Waals surface area contributed by atoms with Gasteiger partial charge in [0.15, 0.2) is 0 Å². The Labute approximate surface area is 155 Å². The van der Waals surface area contributed by atoms with Crippen LogP contribution in [0.1, 0.15) is 31.4 Å². The van der Waals surface area contributed by atoms with Crippen LogP contribution in [0.5, 0.6) is 11.5 Å². The Morgan fingerprint density at radius 2 is 1.69 bits per heavy atom. The molecule has 2 rings (SSSR count). The average Bonchev–Trinajstić information content (AvgIpc) is 2.67. The van der Waals surface area contributed by atoms with Crippen LogP contribution in [0.15, 0.2) is 36.4 Å². The molecular weight excluding hydrogens is 328 g/mol. The largest absolute Gasteiger partial charge is 0.497 e. The first-order valence-corrected chi connectivity index (χ1v) is 8.99. The van der Waals surface area contributed by atoms with Gasteiger partial charge in [0.1, 0.15) is 11.5 Å². The third-order valence-electron chi connectivity index (χ3n) is 4.34. The van der Waals surface area contributed by atoms with Crippen molar-refractivity contribution in [1.29, 1.82) is 0 Å². The minimum absolute atomic E-state index is 0.00466. The molecule has 5 nitrogen and oxygen atoms in total. The number of hydrogen-bond donors (Lipinski definition) is 2. The van der Waals surface area contributed by atoms with Crippen molar-refractivity contribution in [2.24, 2.45) is 0 Å². The van der Waals surface area contributed by atoms with Crippen LogP contribution in [-0.2, 0) is 17.6 Å². The molecule has 0 aliphatic carbocycles. The number of carbonyl (C=O) groups excluding carboxylic acids is 1. The number of hydrogen-bond acceptors (Lipinski definition) is 4. The minimum Gasteiger partial charge on any atom is -0.497 e. The van der Waals surface area contributed by atoms with Gasteiger partial charge in [0.25, 0.3) is 0 Å². The fourth-order valence-electron chi connectivity index (χ4n) is 2.87. The van der Waals surface area contributed by atoms with Crippen LogP contribution in [0.4, 0.5) is 11.4 Å². The van der Waals surface area contributed by atoms with Crippen LogP contribution in [0.3, 0.4) is 0 Å². The number of para-hydroxylation sites is 1. The fourth-order valence-corrected chi connectivity index (χ4v) is 2.87. The Hall–Kier alpha value is -2.69. The second-order valence-electron chi connectivity index (χ2n) is 5.95. The number of aryl methyl sites for hydroxylation is 2. The van der Waals surface area contributed by atoms with Gasteiger partial charge in [-0.1, -0.05) is 32.0 Å². The van der Waals surface area contributed by atoms with E-state index in [0.29, 0.717) is 13.0 Å². The zero-order valence-corrected chi connectivity index (χ0v) is 16.0. The number of carbonyl (C=O) groups is 1. The highest BCUT2D eigenvalue weighted by molar-refractivity contribution is 5.92. The summed E-state index contributed by atoms with van der Waals surface area (Å²) in [6.07, 6.45) is 2.15. The fraction of sp³-hybridized carbons (Fsp3) is 0.381. The normalized spacial score (nSPS) is 10.3. The van der Waals surface area contributed by atoms with Gasteiger partial charge in [0, 0.05) is 24.7 Å². The van der Waals surface area contributed by atoms with E-state index in [0.717, 1.165) is 35.7 Å². The Balaban J connectivity index is 1.98.